The Hall–Kier alpha value is -2.32. The SMILES string of the molecule is CC1(O)C2=C(C=CCC2)c2cc3c4ccccc4n(C(C)(C)C)c3cc21. The lowest BCUT2D eigenvalue weighted by Gasteiger charge is -2.26. The van der Waals surface area contributed by atoms with E-state index in [1.165, 1.54) is 38.5 Å². The summed E-state index contributed by atoms with van der Waals surface area (Å²) in [7, 11) is 0. The fourth-order valence-corrected chi connectivity index (χ4v) is 4.95. The molecule has 1 atom stereocenters. The van der Waals surface area contributed by atoms with Gasteiger partial charge in [0.05, 0.1) is 5.52 Å². The Morgan fingerprint density at radius 1 is 1.04 bits per heavy atom. The van der Waals surface area contributed by atoms with Crippen molar-refractivity contribution in [3.05, 3.63) is 65.3 Å². The molecule has 2 aromatic carbocycles. The third-order valence-corrected chi connectivity index (χ3v) is 6.06. The molecule has 0 saturated heterocycles. The first-order valence-electron chi connectivity index (χ1n) is 9.51. The first-order valence-corrected chi connectivity index (χ1v) is 9.51. The molecule has 3 aromatic rings. The van der Waals surface area contributed by atoms with Crippen LogP contribution in [0.5, 0.6) is 0 Å². The van der Waals surface area contributed by atoms with Gasteiger partial charge in [-0.3, -0.25) is 0 Å². The molecular weight excluding hydrogens is 318 g/mol. The van der Waals surface area contributed by atoms with E-state index in [1.807, 2.05) is 6.92 Å². The smallest absolute Gasteiger partial charge is 0.109 e. The first-order chi connectivity index (χ1) is 12.3. The highest BCUT2D eigenvalue weighted by Crippen LogP contribution is 2.50. The van der Waals surface area contributed by atoms with E-state index in [2.05, 4.69) is 73.9 Å². The summed E-state index contributed by atoms with van der Waals surface area (Å²) < 4.78 is 2.42. The molecule has 5 rings (SSSR count). The van der Waals surface area contributed by atoms with Gasteiger partial charge in [0.15, 0.2) is 0 Å². The fourth-order valence-electron chi connectivity index (χ4n) is 4.95. The second kappa shape index (κ2) is 4.89. The molecule has 0 fully saturated rings. The molecule has 1 heterocycles. The maximum absolute atomic E-state index is 11.4. The second-order valence-corrected chi connectivity index (χ2v) is 8.84. The number of para-hydroxylation sites is 1. The quantitative estimate of drug-likeness (QED) is 0.542. The molecule has 0 amide bonds. The Labute approximate surface area is 154 Å². The van der Waals surface area contributed by atoms with Crippen molar-refractivity contribution in [3.8, 4) is 0 Å². The number of rotatable bonds is 0. The summed E-state index contributed by atoms with van der Waals surface area (Å²) in [6.45, 7) is 8.70. The van der Waals surface area contributed by atoms with Crippen LogP contribution in [0.25, 0.3) is 27.4 Å². The lowest BCUT2D eigenvalue weighted by Crippen LogP contribution is -2.23. The molecule has 1 N–H and O–H groups in total. The number of benzene rings is 2. The van der Waals surface area contributed by atoms with Crippen molar-refractivity contribution in [3.63, 3.8) is 0 Å². The van der Waals surface area contributed by atoms with Crippen LogP contribution in [-0.4, -0.2) is 9.67 Å². The van der Waals surface area contributed by atoms with E-state index in [9.17, 15) is 5.11 Å². The Morgan fingerprint density at radius 2 is 1.81 bits per heavy atom. The fraction of sp³-hybridized carbons (Fsp3) is 0.333. The Bertz CT molecular complexity index is 1130. The minimum atomic E-state index is -0.872. The van der Waals surface area contributed by atoms with Crippen LogP contribution in [-0.2, 0) is 11.1 Å². The van der Waals surface area contributed by atoms with E-state index in [-0.39, 0.29) is 5.54 Å². The van der Waals surface area contributed by atoms with Gasteiger partial charge in [-0.25, -0.2) is 0 Å². The van der Waals surface area contributed by atoms with E-state index >= 15 is 0 Å². The molecule has 26 heavy (non-hydrogen) atoms. The van der Waals surface area contributed by atoms with Crippen molar-refractivity contribution in [2.45, 2.75) is 51.7 Å². The normalized spacial score (nSPS) is 22.3. The van der Waals surface area contributed by atoms with Crippen LogP contribution in [0, 0.1) is 0 Å². The number of hydrogen-bond donors (Lipinski definition) is 1. The zero-order valence-corrected chi connectivity index (χ0v) is 15.9. The number of aromatic nitrogens is 1. The maximum Gasteiger partial charge on any atom is 0.109 e. The highest BCUT2D eigenvalue weighted by molar-refractivity contribution is 6.10. The highest BCUT2D eigenvalue weighted by Gasteiger charge is 2.40. The average molecular weight is 343 g/mol. The van der Waals surface area contributed by atoms with Crippen LogP contribution >= 0.6 is 0 Å². The molecule has 1 unspecified atom stereocenters. The van der Waals surface area contributed by atoms with Gasteiger partial charge in [-0.15, -0.1) is 0 Å². The molecule has 0 radical (unpaired) electrons. The van der Waals surface area contributed by atoms with Gasteiger partial charge in [0, 0.05) is 21.8 Å². The number of nitrogens with zero attached hydrogens (tertiary/aromatic N) is 1. The van der Waals surface area contributed by atoms with Crippen LogP contribution in [0.4, 0.5) is 0 Å². The summed E-state index contributed by atoms with van der Waals surface area (Å²) >= 11 is 0. The van der Waals surface area contributed by atoms with E-state index in [1.54, 1.807) is 0 Å². The zero-order valence-electron chi connectivity index (χ0n) is 15.9. The van der Waals surface area contributed by atoms with Crippen molar-refractivity contribution in [2.24, 2.45) is 0 Å². The molecule has 0 spiro atoms. The van der Waals surface area contributed by atoms with Crippen molar-refractivity contribution >= 4 is 27.4 Å². The van der Waals surface area contributed by atoms with Gasteiger partial charge in [0.25, 0.3) is 0 Å². The molecule has 0 bridgehead atoms. The molecule has 132 valence electrons. The van der Waals surface area contributed by atoms with Gasteiger partial charge in [0.2, 0.25) is 0 Å². The summed E-state index contributed by atoms with van der Waals surface area (Å²) in [5.74, 6) is 0. The lowest BCUT2D eigenvalue weighted by atomic mass is 9.88. The van der Waals surface area contributed by atoms with Crippen molar-refractivity contribution in [1.82, 2.24) is 4.57 Å². The Morgan fingerprint density at radius 3 is 2.58 bits per heavy atom. The molecule has 2 aliphatic rings. The third-order valence-electron chi connectivity index (χ3n) is 6.06. The Kier molecular flexibility index (Phi) is 2.99. The predicted molar refractivity (Wildman–Crippen MR) is 109 cm³/mol. The molecular formula is C24H25NO. The molecule has 2 aliphatic carbocycles. The van der Waals surface area contributed by atoms with E-state index in [0.29, 0.717) is 0 Å². The van der Waals surface area contributed by atoms with Gasteiger partial charge in [-0.05, 0) is 81.0 Å². The van der Waals surface area contributed by atoms with Crippen LogP contribution in [0.15, 0.2) is 54.1 Å². The van der Waals surface area contributed by atoms with Crippen molar-refractivity contribution < 1.29 is 5.11 Å². The number of aliphatic hydroxyl groups is 1. The minimum Gasteiger partial charge on any atom is -0.381 e. The van der Waals surface area contributed by atoms with Crippen LogP contribution in [0.3, 0.4) is 0 Å². The lowest BCUT2D eigenvalue weighted by molar-refractivity contribution is 0.0978. The predicted octanol–water partition coefficient (Wildman–Crippen LogP) is 5.87. The third kappa shape index (κ3) is 1.91. The number of allylic oxidation sites excluding steroid dienone is 3. The van der Waals surface area contributed by atoms with Gasteiger partial charge in [0.1, 0.15) is 5.60 Å². The summed E-state index contributed by atoms with van der Waals surface area (Å²) in [4.78, 5) is 0. The summed E-state index contributed by atoms with van der Waals surface area (Å²) in [6.07, 6.45) is 6.39. The van der Waals surface area contributed by atoms with Crippen LogP contribution in [0.2, 0.25) is 0 Å². The summed E-state index contributed by atoms with van der Waals surface area (Å²) in [5, 5.41) is 13.9. The molecule has 2 nitrogen and oxygen atoms in total. The van der Waals surface area contributed by atoms with Crippen molar-refractivity contribution in [1.29, 1.82) is 0 Å². The van der Waals surface area contributed by atoms with Gasteiger partial charge < -0.3 is 9.67 Å². The average Bonchev–Trinajstić information content (AvgIpc) is 3.04. The van der Waals surface area contributed by atoms with E-state index in [4.69, 9.17) is 0 Å². The standard InChI is InChI=1S/C24H25NO/c1-23(2,3)25-21-12-8-6-10-16(21)18-13-17-15-9-5-7-11-19(15)24(4,26)20(17)14-22(18)25/h5-6,8-10,12-14,26H,7,11H2,1-4H3. The minimum absolute atomic E-state index is 0.0347. The molecule has 0 aliphatic heterocycles. The van der Waals surface area contributed by atoms with Gasteiger partial charge >= 0.3 is 0 Å². The van der Waals surface area contributed by atoms with E-state index < -0.39 is 5.60 Å². The van der Waals surface area contributed by atoms with Crippen LogP contribution < -0.4 is 0 Å². The van der Waals surface area contributed by atoms with Gasteiger partial charge in [-0.2, -0.15) is 0 Å². The maximum atomic E-state index is 11.4. The topological polar surface area (TPSA) is 25.2 Å². The number of hydrogen-bond acceptors (Lipinski definition) is 1. The molecule has 0 saturated carbocycles. The second-order valence-electron chi connectivity index (χ2n) is 8.84. The molecule has 2 heteroatoms. The zero-order chi connectivity index (χ0) is 18.3. The largest absolute Gasteiger partial charge is 0.381 e. The Balaban J connectivity index is 1.94. The highest BCUT2D eigenvalue weighted by atomic mass is 16.3. The van der Waals surface area contributed by atoms with E-state index in [0.717, 1.165) is 18.4 Å². The van der Waals surface area contributed by atoms with Gasteiger partial charge in [-0.1, -0.05) is 30.4 Å². The number of fused-ring (bicyclic) bond motifs is 5. The summed E-state index contributed by atoms with van der Waals surface area (Å²) in [6, 6.07) is 13.2. The van der Waals surface area contributed by atoms with Crippen LogP contribution in [0.1, 0.15) is 51.7 Å². The summed E-state index contributed by atoms with van der Waals surface area (Å²) in [5.41, 5.74) is 6.21. The molecule has 1 aromatic heterocycles. The first kappa shape index (κ1) is 15.9. The monoisotopic (exact) mass is 343 g/mol. The van der Waals surface area contributed by atoms with Crippen molar-refractivity contribution in [2.75, 3.05) is 0 Å².